The second-order valence-corrected chi connectivity index (χ2v) is 5.49. The summed E-state index contributed by atoms with van der Waals surface area (Å²) in [6, 6.07) is 5.30. The number of aromatic nitrogens is 1. The van der Waals surface area contributed by atoms with Crippen molar-refractivity contribution >= 4 is 22.1 Å². The molecular formula is C15H19N3O2. The number of nitro benzene ring substituents is 1. The predicted octanol–water partition coefficient (Wildman–Crippen LogP) is 3.99. The zero-order chi connectivity index (χ0) is 14.7. The largest absolute Gasteiger partial charge is 0.382 e. The van der Waals surface area contributed by atoms with Gasteiger partial charge in [0.05, 0.1) is 10.3 Å². The van der Waals surface area contributed by atoms with Crippen molar-refractivity contribution in [3.05, 3.63) is 40.7 Å². The predicted molar refractivity (Wildman–Crippen MR) is 80.9 cm³/mol. The fourth-order valence-corrected chi connectivity index (χ4v) is 2.49. The molecule has 1 aromatic carbocycles. The van der Waals surface area contributed by atoms with Crippen molar-refractivity contribution in [1.82, 2.24) is 4.98 Å². The molecular weight excluding hydrogens is 254 g/mol. The molecule has 1 unspecified atom stereocenters. The number of hydrogen-bond acceptors (Lipinski definition) is 4. The van der Waals surface area contributed by atoms with Gasteiger partial charge in [0.2, 0.25) is 0 Å². The van der Waals surface area contributed by atoms with Gasteiger partial charge in [-0.3, -0.25) is 15.1 Å². The first-order valence-corrected chi connectivity index (χ1v) is 6.76. The fourth-order valence-electron chi connectivity index (χ4n) is 2.49. The smallest absolute Gasteiger partial charge is 0.277 e. The molecule has 0 spiro atoms. The monoisotopic (exact) mass is 273 g/mol. The topological polar surface area (TPSA) is 68.1 Å². The van der Waals surface area contributed by atoms with Crippen molar-refractivity contribution in [2.45, 2.75) is 33.2 Å². The summed E-state index contributed by atoms with van der Waals surface area (Å²) in [4.78, 5) is 14.8. The summed E-state index contributed by atoms with van der Waals surface area (Å²) in [6.07, 6.45) is 4.29. The molecule has 1 atom stereocenters. The molecule has 0 aliphatic heterocycles. The number of nitrogens with one attached hydrogen (secondary N) is 1. The molecule has 0 fully saturated rings. The van der Waals surface area contributed by atoms with Crippen molar-refractivity contribution in [2.24, 2.45) is 5.92 Å². The van der Waals surface area contributed by atoms with E-state index in [0.29, 0.717) is 17.3 Å². The van der Waals surface area contributed by atoms with Crippen LogP contribution in [0.5, 0.6) is 0 Å². The highest BCUT2D eigenvalue weighted by atomic mass is 16.6. The normalized spacial score (nSPS) is 12.6. The Kier molecular flexibility index (Phi) is 4.17. The van der Waals surface area contributed by atoms with Gasteiger partial charge in [0.15, 0.2) is 0 Å². The van der Waals surface area contributed by atoms with Gasteiger partial charge < -0.3 is 5.32 Å². The van der Waals surface area contributed by atoms with Crippen molar-refractivity contribution in [3.63, 3.8) is 0 Å². The third-order valence-electron chi connectivity index (χ3n) is 3.22. The second-order valence-electron chi connectivity index (χ2n) is 5.49. The first-order valence-electron chi connectivity index (χ1n) is 6.76. The molecule has 0 aliphatic rings. The first-order chi connectivity index (χ1) is 9.49. The minimum absolute atomic E-state index is 0.115. The molecule has 0 saturated carbocycles. The second kappa shape index (κ2) is 5.86. The molecule has 2 rings (SSSR count). The SMILES string of the molecule is CC(C)CC(C)Nc1ccc([N+](=O)[O-])c2ccncc12. The number of fused-ring (bicyclic) bond motifs is 1. The molecule has 2 aromatic rings. The third-order valence-corrected chi connectivity index (χ3v) is 3.22. The van der Waals surface area contributed by atoms with Crippen LogP contribution >= 0.6 is 0 Å². The summed E-state index contributed by atoms with van der Waals surface area (Å²) in [5.41, 5.74) is 1.01. The van der Waals surface area contributed by atoms with E-state index in [-0.39, 0.29) is 10.6 Å². The van der Waals surface area contributed by atoms with Crippen LogP contribution in [0.15, 0.2) is 30.6 Å². The Morgan fingerprint density at radius 3 is 2.65 bits per heavy atom. The molecule has 1 N–H and O–H groups in total. The molecule has 20 heavy (non-hydrogen) atoms. The maximum Gasteiger partial charge on any atom is 0.277 e. The third kappa shape index (κ3) is 3.04. The number of rotatable bonds is 5. The van der Waals surface area contributed by atoms with Crippen LogP contribution in [0.4, 0.5) is 11.4 Å². The molecule has 0 radical (unpaired) electrons. The van der Waals surface area contributed by atoms with E-state index >= 15 is 0 Å². The van der Waals surface area contributed by atoms with E-state index in [2.05, 4.69) is 31.1 Å². The van der Waals surface area contributed by atoms with Gasteiger partial charge >= 0.3 is 0 Å². The lowest BCUT2D eigenvalue weighted by atomic mass is 10.0. The maximum atomic E-state index is 11.1. The number of nitro groups is 1. The maximum absolute atomic E-state index is 11.1. The average Bonchev–Trinajstić information content (AvgIpc) is 2.37. The van der Waals surface area contributed by atoms with Crippen LogP contribution in [-0.4, -0.2) is 15.9 Å². The van der Waals surface area contributed by atoms with Crippen LogP contribution in [0.3, 0.4) is 0 Å². The van der Waals surface area contributed by atoms with E-state index in [4.69, 9.17) is 0 Å². The summed E-state index contributed by atoms with van der Waals surface area (Å²) in [5.74, 6) is 0.597. The van der Waals surface area contributed by atoms with Crippen molar-refractivity contribution in [2.75, 3.05) is 5.32 Å². The zero-order valence-electron chi connectivity index (χ0n) is 12.0. The van der Waals surface area contributed by atoms with E-state index in [9.17, 15) is 10.1 Å². The van der Waals surface area contributed by atoms with Gasteiger partial charge in [-0.2, -0.15) is 0 Å². The zero-order valence-corrected chi connectivity index (χ0v) is 12.0. The molecule has 106 valence electrons. The van der Waals surface area contributed by atoms with E-state index in [1.807, 2.05) is 0 Å². The van der Waals surface area contributed by atoms with Crippen LogP contribution < -0.4 is 5.32 Å². The van der Waals surface area contributed by atoms with Gasteiger partial charge in [-0.25, -0.2) is 0 Å². The quantitative estimate of drug-likeness (QED) is 0.660. The number of non-ortho nitro benzene ring substituents is 1. The van der Waals surface area contributed by atoms with Crippen molar-refractivity contribution < 1.29 is 4.92 Å². The van der Waals surface area contributed by atoms with Crippen LogP contribution in [0, 0.1) is 16.0 Å². The number of nitrogens with zero attached hydrogens (tertiary/aromatic N) is 2. The molecule has 1 aromatic heterocycles. The van der Waals surface area contributed by atoms with Crippen LogP contribution in [0.1, 0.15) is 27.2 Å². The minimum Gasteiger partial charge on any atom is -0.382 e. The van der Waals surface area contributed by atoms with E-state index < -0.39 is 0 Å². The minimum atomic E-state index is -0.357. The van der Waals surface area contributed by atoms with Gasteiger partial charge in [-0.15, -0.1) is 0 Å². The van der Waals surface area contributed by atoms with Crippen molar-refractivity contribution in [3.8, 4) is 0 Å². The Bertz CT molecular complexity index is 626. The first kappa shape index (κ1) is 14.2. The molecule has 0 saturated heterocycles. The van der Waals surface area contributed by atoms with Gasteiger partial charge in [0.25, 0.3) is 5.69 Å². The summed E-state index contributed by atoms with van der Waals surface area (Å²) in [7, 11) is 0. The van der Waals surface area contributed by atoms with Crippen LogP contribution in [-0.2, 0) is 0 Å². The number of benzene rings is 1. The fraction of sp³-hybridized carbons (Fsp3) is 0.400. The summed E-state index contributed by atoms with van der Waals surface area (Å²) in [5, 5.41) is 15.9. The average molecular weight is 273 g/mol. The lowest BCUT2D eigenvalue weighted by Crippen LogP contribution is -2.17. The Balaban J connectivity index is 2.40. The van der Waals surface area contributed by atoms with Crippen LogP contribution in [0.2, 0.25) is 0 Å². The van der Waals surface area contributed by atoms with Crippen molar-refractivity contribution in [1.29, 1.82) is 0 Å². The van der Waals surface area contributed by atoms with Gasteiger partial charge in [0.1, 0.15) is 0 Å². The highest BCUT2D eigenvalue weighted by Crippen LogP contribution is 2.31. The summed E-state index contributed by atoms with van der Waals surface area (Å²) in [6.45, 7) is 6.46. The summed E-state index contributed by atoms with van der Waals surface area (Å²) < 4.78 is 0. The summed E-state index contributed by atoms with van der Waals surface area (Å²) >= 11 is 0. The van der Waals surface area contributed by atoms with Crippen LogP contribution in [0.25, 0.3) is 10.8 Å². The Morgan fingerprint density at radius 1 is 1.25 bits per heavy atom. The Morgan fingerprint density at radius 2 is 2.00 bits per heavy atom. The standard InChI is InChI=1S/C15H19N3O2/c1-10(2)8-11(3)17-14-4-5-15(18(19)20)12-6-7-16-9-13(12)14/h4-7,9-11,17H,8H2,1-3H3. The molecule has 0 bridgehead atoms. The number of pyridine rings is 1. The van der Waals surface area contributed by atoms with Gasteiger partial charge in [0, 0.05) is 35.6 Å². The lowest BCUT2D eigenvalue weighted by molar-refractivity contribution is -0.383. The van der Waals surface area contributed by atoms with E-state index in [1.54, 1.807) is 30.6 Å². The van der Waals surface area contributed by atoms with E-state index in [0.717, 1.165) is 17.5 Å². The highest BCUT2D eigenvalue weighted by Gasteiger charge is 2.15. The Labute approximate surface area is 118 Å². The number of hydrogen-bond donors (Lipinski definition) is 1. The highest BCUT2D eigenvalue weighted by molar-refractivity contribution is 5.99. The van der Waals surface area contributed by atoms with E-state index in [1.165, 1.54) is 0 Å². The lowest BCUT2D eigenvalue weighted by Gasteiger charge is -2.18. The molecule has 0 amide bonds. The molecule has 1 heterocycles. The molecule has 5 heteroatoms. The van der Waals surface area contributed by atoms with Gasteiger partial charge in [-0.1, -0.05) is 13.8 Å². The Hall–Kier alpha value is -2.17. The molecule has 0 aliphatic carbocycles. The molecule has 5 nitrogen and oxygen atoms in total. The number of anilines is 1. The van der Waals surface area contributed by atoms with Gasteiger partial charge in [-0.05, 0) is 31.4 Å².